The molecule has 1 aromatic carbocycles. The number of thiocarbonyl (C=S) groups is 1. The zero-order valence-electron chi connectivity index (χ0n) is 13.6. The van der Waals surface area contributed by atoms with E-state index < -0.39 is 0 Å². The van der Waals surface area contributed by atoms with Gasteiger partial charge in [0.05, 0.1) is 32.7 Å². The van der Waals surface area contributed by atoms with E-state index in [9.17, 15) is 0 Å². The Morgan fingerprint density at radius 2 is 2.00 bits per heavy atom. The van der Waals surface area contributed by atoms with Crippen LogP contribution in [0.15, 0.2) is 24.3 Å². The first-order chi connectivity index (χ1) is 10.5. The Balaban J connectivity index is 2.00. The topological polar surface area (TPSA) is 53.4 Å². The van der Waals surface area contributed by atoms with Crippen molar-refractivity contribution in [2.75, 3.05) is 32.6 Å². The number of anilines is 1. The van der Waals surface area contributed by atoms with Crippen LogP contribution in [0, 0.1) is 13.8 Å². The van der Waals surface area contributed by atoms with Gasteiger partial charge in [-0.3, -0.25) is 10.9 Å². The van der Waals surface area contributed by atoms with Gasteiger partial charge in [-0.25, -0.2) is 4.98 Å². The maximum atomic E-state index is 5.24. The second-order valence-electron chi connectivity index (χ2n) is 5.76. The SMILES string of the molecule is Cc1cc(NNC(=S)NCC[NH+](C)C)nc2c(C)cccc12. The van der Waals surface area contributed by atoms with E-state index in [0.717, 1.165) is 24.4 Å². The van der Waals surface area contributed by atoms with Crippen molar-refractivity contribution in [1.82, 2.24) is 15.7 Å². The van der Waals surface area contributed by atoms with Gasteiger partial charge < -0.3 is 10.2 Å². The van der Waals surface area contributed by atoms with Crippen LogP contribution in [0.5, 0.6) is 0 Å². The molecule has 0 aliphatic heterocycles. The molecule has 0 spiro atoms. The minimum Gasteiger partial charge on any atom is -0.356 e. The van der Waals surface area contributed by atoms with Gasteiger partial charge in [-0.2, -0.15) is 0 Å². The van der Waals surface area contributed by atoms with Gasteiger partial charge in [-0.1, -0.05) is 18.2 Å². The smallest absolute Gasteiger partial charge is 0.185 e. The third-order valence-corrected chi connectivity index (χ3v) is 3.71. The fourth-order valence-corrected chi connectivity index (χ4v) is 2.37. The molecule has 0 aliphatic carbocycles. The molecule has 0 saturated carbocycles. The Kier molecular flexibility index (Phi) is 5.51. The third kappa shape index (κ3) is 4.29. The molecule has 0 atom stereocenters. The molecule has 22 heavy (non-hydrogen) atoms. The first-order valence-electron chi connectivity index (χ1n) is 7.43. The number of hydrogen-bond acceptors (Lipinski definition) is 3. The summed E-state index contributed by atoms with van der Waals surface area (Å²) in [5.74, 6) is 0.765. The second-order valence-corrected chi connectivity index (χ2v) is 6.17. The molecule has 0 amide bonds. The lowest BCUT2D eigenvalue weighted by Gasteiger charge is -2.14. The Labute approximate surface area is 137 Å². The molecular formula is C16H24N5S+. The molecule has 0 radical (unpaired) electrons. The van der Waals surface area contributed by atoms with Crippen LogP contribution in [0.1, 0.15) is 11.1 Å². The Morgan fingerprint density at radius 1 is 1.23 bits per heavy atom. The fourth-order valence-electron chi connectivity index (χ4n) is 2.22. The maximum Gasteiger partial charge on any atom is 0.185 e. The number of benzene rings is 1. The number of hydrogen-bond donors (Lipinski definition) is 4. The first kappa shape index (κ1) is 16.5. The number of nitrogens with zero attached hydrogens (tertiary/aromatic N) is 1. The van der Waals surface area contributed by atoms with Crippen LogP contribution in [0.3, 0.4) is 0 Å². The third-order valence-electron chi connectivity index (χ3n) is 3.46. The number of rotatable bonds is 5. The van der Waals surface area contributed by atoms with Crippen molar-refractivity contribution >= 4 is 34.1 Å². The molecule has 0 saturated heterocycles. The number of aryl methyl sites for hydroxylation is 2. The lowest BCUT2D eigenvalue weighted by molar-refractivity contribution is -0.856. The number of hydrazine groups is 1. The molecule has 6 heteroatoms. The standard InChI is InChI=1S/C16H23N5S/c1-11-6-5-7-13-12(2)10-14(18-15(11)13)19-20-16(22)17-8-9-21(3)4/h5-7,10H,8-9H2,1-4H3,(H,18,19)(H2,17,20,22)/p+1. The normalized spacial score (nSPS) is 10.8. The second kappa shape index (κ2) is 7.38. The molecule has 0 aliphatic rings. The highest BCUT2D eigenvalue weighted by molar-refractivity contribution is 7.80. The zero-order valence-corrected chi connectivity index (χ0v) is 14.4. The van der Waals surface area contributed by atoms with Crippen LogP contribution in [0.2, 0.25) is 0 Å². The van der Waals surface area contributed by atoms with E-state index in [-0.39, 0.29) is 0 Å². The van der Waals surface area contributed by atoms with E-state index in [2.05, 4.69) is 67.3 Å². The van der Waals surface area contributed by atoms with Crippen molar-refractivity contribution in [2.45, 2.75) is 13.8 Å². The molecule has 0 bridgehead atoms. The minimum atomic E-state index is 0.575. The van der Waals surface area contributed by atoms with E-state index in [1.807, 2.05) is 6.07 Å². The maximum absolute atomic E-state index is 5.24. The van der Waals surface area contributed by atoms with Crippen LogP contribution < -0.4 is 21.1 Å². The number of para-hydroxylation sites is 1. The van der Waals surface area contributed by atoms with Gasteiger partial charge in [-0.15, -0.1) is 0 Å². The summed E-state index contributed by atoms with van der Waals surface area (Å²) in [5.41, 5.74) is 9.42. The van der Waals surface area contributed by atoms with Crippen LogP contribution in [-0.2, 0) is 0 Å². The van der Waals surface area contributed by atoms with Crippen molar-refractivity contribution in [1.29, 1.82) is 0 Å². The van der Waals surface area contributed by atoms with Gasteiger partial charge in [0.15, 0.2) is 5.11 Å². The summed E-state index contributed by atoms with van der Waals surface area (Å²) in [6, 6.07) is 8.24. The monoisotopic (exact) mass is 318 g/mol. The number of pyridine rings is 1. The van der Waals surface area contributed by atoms with Gasteiger partial charge >= 0.3 is 0 Å². The summed E-state index contributed by atoms with van der Waals surface area (Å²) in [4.78, 5) is 6.03. The zero-order chi connectivity index (χ0) is 16.1. The Morgan fingerprint density at radius 3 is 2.73 bits per heavy atom. The summed E-state index contributed by atoms with van der Waals surface area (Å²) < 4.78 is 0. The number of aromatic nitrogens is 1. The molecule has 5 nitrogen and oxygen atoms in total. The van der Waals surface area contributed by atoms with Gasteiger partial charge in [0.2, 0.25) is 0 Å². The first-order valence-corrected chi connectivity index (χ1v) is 7.84. The highest BCUT2D eigenvalue weighted by atomic mass is 32.1. The predicted octanol–water partition coefficient (Wildman–Crippen LogP) is 0.787. The Hall–Kier alpha value is -1.92. The molecule has 2 rings (SSSR count). The number of nitrogens with one attached hydrogen (secondary N) is 4. The molecule has 0 fully saturated rings. The number of fused-ring (bicyclic) bond motifs is 1. The quantitative estimate of drug-likeness (QED) is 0.485. The summed E-state index contributed by atoms with van der Waals surface area (Å²) in [5, 5.41) is 4.91. The van der Waals surface area contributed by atoms with E-state index in [1.54, 1.807) is 0 Å². The predicted molar refractivity (Wildman–Crippen MR) is 96.3 cm³/mol. The lowest BCUT2D eigenvalue weighted by Crippen LogP contribution is -3.06. The Bertz CT molecular complexity index is 669. The molecule has 4 N–H and O–H groups in total. The van der Waals surface area contributed by atoms with E-state index >= 15 is 0 Å². The lowest BCUT2D eigenvalue weighted by atomic mass is 10.1. The summed E-state index contributed by atoms with van der Waals surface area (Å²) in [6.07, 6.45) is 0. The molecular weight excluding hydrogens is 294 g/mol. The molecule has 0 unspecified atom stereocenters. The molecule has 1 heterocycles. The number of quaternary nitrogens is 1. The van der Waals surface area contributed by atoms with Crippen molar-refractivity contribution in [3.63, 3.8) is 0 Å². The van der Waals surface area contributed by atoms with Crippen molar-refractivity contribution in [2.24, 2.45) is 0 Å². The van der Waals surface area contributed by atoms with E-state index in [1.165, 1.54) is 21.4 Å². The highest BCUT2D eigenvalue weighted by Crippen LogP contribution is 2.22. The average molecular weight is 318 g/mol. The van der Waals surface area contributed by atoms with Gasteiger partial charge in [0.1, 0.15) is 5.82 Å². The summed E-state index contributed by atoms with van der Waals surface area (Å²) in [6.45, 7) is 6.00. The van der Waals surface area contributed by atoms with Gasteiger partial charge in [-0.05, 0) is 43.3 Å². The number of likely N-dealkylation sites (N-methyl/N-ethyl adjacent to an activating group) is 1. The average Bonchev–Trinajstić information content (AvgIpc) is 2.46. The summed E-state index contributed by atoms with van der Waals surface area (Å²) in [7, 11) is 4.22. The minimum absolute atomic E-state index is 0.575. The molecule has 118 valence electrons. The summed E-state index contributed by atoms with van der Waals surface area (Å²) >= 11 is 5.24. The van der Waals surface area contributed by atoms with Crippen LogP contribution in [0.25, 0.3) is 10.9 Å². The fraction of sp³-hybridized carbons (Fsp3) is 0.375. The van der Waals surface area contributed by atoms with Crippen molar-refractivity contribution in [3.05, 3.63) is 35.4 Å². The molecule has 1 aromatic heterocycles. The largest absolute Gasteiger partial charge is 0.356 e. The van der Waals surface area contributed by atoms with Crippen molar-refractivity contribution in [3.8, 4) is 0 Å². The van der Waals surface area contributed by atoms with Crippen molar-refractivity contribution < 1.29 is 4.90 Å². The van der Waals surface area contributed by atoms with Gasteiger partial charge in [0.25, 0.3) is 0 Å². The van der Waals surface area contributed by atoms with Crippen LogP contribution in [-0.4, -0.2) is 37.3 Å². The van der Waals surface area contributed by atoms with Gasteiger partial charge in [0, 0.05) is 5.39 Å². The van der Waals surface area contributed by atoms with Crippen LogP contribution in [0.4, 0.5) is 5.82 Å². The van der Waals surface area contributed by atoms with Crippen LogP contribution >= 0.6 is 12.2 Å². The van der Waals surface area contributed by atoms with E-state index in [0.29, 0.717) is 5.11 Å². The molecule has 2 aromatic rings. The highest BCUT2D eigenvalue weighted by Gasteiger charge is 2.05. The van der Waals surface area contributed by atoms with E-state index in [4.69, 9.17) is 12.2 Å².